The lowest BCUT2D eigenvalue weighted by atomic mass is 9.97. The predicted octanol–water partition coefficient (Wildman–Crippen LogP) is 3.75. The second-order valence-corrected chi connectivity index (χ2v) is 8.55. The molecule has 3 aromatic rings. The number of nitrogens with one attached hydrogen (secondary N) is 1. The van der Waals surface area contributed by atoms with E-state index in [1.165, 1.54) is 21.6 Å². The van der Waals surface area contributed by atoms with E-state index in [1.807, 2.05) is 6.92 Å². The van der Waals surface area contributed by atoms with Gasteiger partial charge in [-0.3, -0.25) is 24.3 Å². The monoisotopic (exact) mass is 426 g/mol. The summed E-state index contributed by atoms with van der Waals surface area (Å²) in [5.41, 5.74) is 1.88. The molecule has 2 aromatic heterocycles. The Morgan fingerprint density at radius 3 is 2.83 bits per heavy atom. The van der Waals surface area contributed by atoms with Crippen molar-refractivity contribution in [2.24, 2.45) is 0 Å². The van der Waals surface area contributed by atoms with Crippen molar-refractivity contribution in [3.63, 3.8) is 0 Å². The number of amides is 1. The highest BCUT2D eigenvalue weighted by atomic mass is 32.1. The van der Waals surface area contributed by atoms with Crippen LogP contribution in [-0.4, -0.2) is 20.4 Å². The number of anilines is 1. The number of aromatic nitrogens is 2. The normalized spacial score (nSPS) is 13.3. The van der Waals surface area contributed by atoms with Crippen LogP contribution in [0.25, 0.3) is 10.2 Å². The first-order valence-electron chi connectivity index (χ1n) is 9.98. The van der Waals surface area contributed by atoms with Crippen LogP contribution in [-0.2, 0) is 30.6 Å². The number of carbonyl (C=O) groups excluding carboxylic acids is 1. The maximum atomic E-state index is 13.3. The molecule has 0 unspecified atom stereocenters. The molecule has 1 N–H and O–H groups in total. The summed E-state index contributed by atoms with van der Waals surface area (Å²) >= 11 is 1.59. The summed E-state index contributed by atoms with van der Waals surface area (Å²) in [5, 5.41) is 14.4. The summed E-state index contributed by atoms with van der Waals surface area (Å²) in [6, 6.07) is 4.30. The molecule has 0 bridgehead atoms. The number of nitro benzene ring substituents is 1. The van der Waals surface area contributed by atoms with Gasteiger partial charge in [-0.15, -0.1) is 11.3 Å². The number of hydrogen-bond donors (Lipinski definition) is 1. The molecule has 0 atom stereocenters. The summed E-state index contributed by atoms with van der Waals surface area (Å²) in [4.78, 5) is 43.2. The zero-order chi connectivity index (χ0) is 21.4. The molecule has 0 fully saturated rings. The van der Waals surface area contributed by atoms with Crippen molar-refractivity contribution in [1.29, 1.82) is 0 Å². The molecule has 8 nitrogen and oxygen atoms in total. The Hall–Kier alpha value is -3.07. The van der Waals surface area contributed by atoms with Gasteiger partial charge in [-0.2, -0.15) is 0 Å². The number of carbonyl (C=O) groups is 1. The molecule has 0 spiro atoms. The minimum atomic E-state index is -0.508. The fourth-order valence-corrected chi connectivity index (χ4v) is 5.18. The molecule has 0 saturated carbocycles. The molecule has 1 aliphatic carbocycles. The zero-order valence-corrected chi connectivity index (χ0v) is 17.7. The fraction of sp³-hybridized carbons (Fsp3) is 0.381. The molecular weight excluding hydrogens is 404 g/mol. The first-order chi connectivity index (χ1) is 14.4. The number of nitro groups is 1. The first kappa shape index (κ1) is 20.2. The van der Waals surface area contributed by atoms with E-state index in [-0.39, 0.29) is 17.8 Å². The molecule has 2 heterocycles. The van der Waals surface area contributed by atoms with Gasteiger partial charge in [0.2, 0.25) is 5.91 Å². The van der Waals surface area contributed by atoms with E-state index < -0.39 is 10.8 Å². The van der Waals surface area contributed by atoms with Crippen molar-refractivity contribution in [3.05, 3.63) is 60.5 Å². The molecule has 1 aromatic carbocycles. The molecule has 1 amide bonds. The molecule has 4 rings (SSSR count). The molecule has 30 heavy (non-hydrogen) atoms. The summed E-state index contributed by atoms with van der Waals surface area (Å²) in [6.45, 7) is 3.48. The second-order valence-electron chi connectivity index (χ2n) is 7.47. The molecule has 0 saturated heterocycles. The number of aryl methyl sites for hydroxylation is 4. The number of benzene rings is 1. The van der Waals surface area contributed by atoms with Crippen LogP contribution in [0.2, 0.25) is 0 Å². The average Bonchev–Trinajstić information content (AvgIpc) is 3.10. The van der Waals surface area contributed by atoms with Crippen molar-refractivity contribution in [2.45, 2.75) is 52.5 Å². The zero-order valence-electron chi connectivity index (χ0n) is 16.9. The van der Waals surface area contributed by atoms with Crippen LogP contribution in [0.1, 0.15) is 41.6 Å². The topological polar surface area (TPSA) is 107 Å². The SMILES string of the molecule is CCc1nc2sc3c(c2c(=O)n1CC(=O)Nc1cc([N+](=O)[O-])ccc1C)CCCC3. The van der Waals surface area contributed by atoms with E-state index in [0.717, 1.165) is 36.1 Å². The Bertz CT molecular complexity index is 1230. The molecule has 156 valence electrons. The standard InChI is InChI=1S/C21H22N4O4S/c1-3-17-23-20-19(14-6-4-5-7-16(14)30-20)21(27)24(17)11-18(26)22-15-10-13(25(28)29)9-8-12(15)2/h8-10H,3-7,11H2,1-2H3,(H,22,26). The van der Waals surface area contributed by atoms with Gasteiger partial charge < -0.3 is 5.32 Å². The smallest absolute Gasteiger partial charge is 0.271 e. The Morgan fingerprint density at radius 1 is 1.33 bits per heavy atom. The number of rotatable bonds is 5. The maximum Gasteiger partial charge on any atom is 0.271 e. The number of hydrogen-bond acceptors (Lipinski definition) is 6. The van der Waals surface area contributed by atoms with Crippen molar-refractivity contribution < 1.29 is 9.72 Å². The Morgan fingerprint density at radius 2 is 2.10 bits per heavy atom. The Labute approximate surface area is 176 Å². The van der Waals surface area contributed by atoms with E-state index >= 15 is 0 Å². The minimum absolute atomic E-state index is 0.102. The third-order valence-corrected chi connectivity index (χ3v) is 6.66. The average molecular weight is 426 g/mol. The molecule has 1 aliphatic rings. The van der Waals surface area contributed by atoms with Gasteiger partial charge >= 0.3 is 0 Å². The lowest BCUT2D eigenvalue weighted by molar-refractivity contribution is -0.384. The largest absolute Gasteiger partial charge is 0.324 e. The van der Waals surface area contributed by atoms with Crippen molar-refractivity contribution in [2.75, 3.05) is 5.32 Å². The van der Waals surface area contributed by atoms with Gasteiger partial charge in [0.05, 0.1) is 16.0 Å². The number of fused-ring (bicyclic) bond motifs is 3. The highest BCUT2D eigenvalue weighted by Gasteiger charge is 2.22. The van der Waals surface area contributed by atoms with Crippen LogP contribution < -0.4 is 10.9 Å². The van der Waals surface area contributed by atoms with E-state index in [9.17, 15) is 19.7 Å². The van der Waals surface area contributed by atoms with E-state index in [0.29, 0.717) is 28.9 Å². The highest BCUT2D eigenvalue weighted by Crippen LogP contribution is 2.33. The van der Waals surface area contributed by atoms with Crippen LogP contribution in [0.3, 0.4) is 0 Å². The second kappa shape index (κ2) is 7.98. The Balaban J connectivity index is 1.69. The van der Waals surface area contributed by atoms with E-state index in [4.69, 9.17) is 0 Å². The third kappa shape index (κ3) is 3.60. The van der Waals surface area contributed by atoms with Crippen LogP contribution in [0, 0.1) is 17.0 Å². The Kier molecular flexibility index (Phi) is 5.38. The van der Waals surface area contributed by atoms with Gasteiger partial charge in [0.1, 0.15) is 17.2 Å². The van der Waals surface area contributed by atoms with Gasteiger partial charge in [0.15, 0.2) is 0 Å². The summed E-state index contributed by atoms with van der Waals surface area (Å²) in [7, 11) is 0. The molecule has 0 aliphatic heterocycles. The fourth-order valence-electron chi connectivity index (χ4n) is 3.91. The quantitative estimate of drug-likeness (QED) is 0.494. The predicted molar refractivity (Wildman–Crippen MR) is 116 cm³/mol. The van der Waals surface area contributed by atoms with Crippen molar-refractivity contribution in [1.82, 2.24) is 9.55 Å². The summed E-state index contributed by atoms with van der Waals surface area (Å²) < 4.78 is 1.44. The maximum absolute atomic E-state index is 13.3. The van der Waals surface area contributed by atoms with E-state index in [2.05, 4.69) is 10.3 Å². The van der Waals surface area contributed by atoms with Gasteiger partial charge in [-0.05, 0) is 43.7 Å². The minimum Gasteiger partial charge on any atom is -0.324 e. The van der Waals surface area contributed by atoms with Crippen LogP contribution >= 0.6 is 11.3 Å². The van der Waals surface area contributed by atoms with E-state index in [1.54, 1.807) is 24.3 Å². The van der Waals surface area contributed by atoms with Gasteiger partial charge in [0.25, 0.3) is 11.2 Å². The van der Waals surface area contributed by atoms with Crippen LogP contribution in [0.4, 0.5) is 11.4 Å². The van der Waals surface area contributed by atoms with Gasteiger partial charge in [-0.1, -0.05) is 13.0 Å². The molecule has 0 radical (unpaired) electrons. The first-order valence-corrected chi connectivity index (χ1v) is 10.8. The van der Waals surface area contributed by atoms with Crippen LogP contribution in [0.5, 0.6) is 0 Å². The third-order valence-electron chi connectivity index (χ3n) is 5.48. The summed E-state index contributed by atoms with van der Waals surface area (Å²) in [5.74, 6) is 0.151. The van der Waals surface area contributed by atoms with Gasteiger partial charge in [-0.25, -0.2) is 4.98 Å². The van der Waals surface area contributed by atoms with Crippen molar-refractivity contribution in [3.8, 4) is 0 Å². The lowest BCUT2D eigenvalue weighted by Crippen LogP contribution is -2.31. The molecular formula is C21H22N4O4S. The lowest BCUT2D eigenvalue weighted by Gasteiger charge is -2.14. The number of thiophene rings is 1. The number of nitrogens with zero attached hydrogens (tertiary/aromatic N) is 3. The number of non-ortho nitro benzene ring substituents is 1. The molecule has 9 heteroatoms. The van der Waals surface area contributed by atoms with Crippen LogP contribution in [0.15, 0.2) is 23.0 Å². The highest BCUT2D eigenvalue weighted by molar-refractivity contribution is 7.18. The van der Waals surface area contributed by atoms with Gasteiger partial charge in [0, 0.05) is 23.4 Å². The summed E-state index contributed by atoms with van der Waals surface area (Å²) in [6.07, 6.45) is 4.55. The van der Waals surface area contributed by atoms with Crippen molar-refractivity contribution >= 4 is 38.8 Å².